The molecule has 0 radical (unpaired) electrons. The zero-order valence-corrected chi connectivity index (χ0v) is 12.1. The molecule has 0 aliphatic carbocycles. The summed E-state index contributed by atoms with van der Waals surface area (Å²) in [6.45, 7) is 0. The van der Waals surface area contributed by atoms with Crippen LogP contribution in [0.25, 0.3) is 16.6 Å². The maximum absolute atomic E-state index is 10.0. The van der Waals surface area contributed by atoms with Crippen molar-refractivity contribution in [3.63, 3.8) is 0 Å². The van der Waals surface area contributed by atoms with E-state index in [0.29, 0.717) is 5.56 Å². The Morgan fingerprint density at radius 3 is 2.52 bits per heavy atom. The van der Waals surface area contributed by atoms with Crippen LogP contribution in [0.1, 0.15) is 5.56 Å². The largest absolute Gasteiger partial charge is 0.494 e. The van der Waals surface area contributed by atoms with E-state index in [-0.39, 0.29) is 5.88 Å². The molecule has 6 nitrogen and oxygen atoms in total. The van der Waals surface area contributed by atoms with Crippen LogP contribution in [-0.2, 0) is 0 Å². The molecule has 0 amide bonds. The highest BCUT2D eigenvalue weighted by Crippen LogP contribution is 2.26. The smallest absolute Gasteiger partial charge is 0.198 e. The van der Waals surface area contributed by atoms with Gasteiger partial charge in [-0.25, -0.2) is 0 Å². The number of nitrogens with zero attached hydrogens (tertiary/aromatic N) is 4. The molecule has 0 aliphatic rings. The molecule has 0 spiro atoms. The van der Waals surface area contributed by atoms with Gasteiger partial charge in [0.25, 0.3) is 0 Å². The number of rotatable bonds is 3. The van der Waals surface area contributed by atoms with Crippen LogP contribution < -0.4 is 0 Å². The summed E-state index contributed by atoms with van der Waals surface area (Å²) in [5, 5.41) is 19.1. The van der Waals surface area contributed by atoms with E-state index in [0.717, 1.165) is 22.3 Å². The highest BCUT2D eigenvalue weighted by Gasteiger charge is 2.07. The molecule has 23 heavy (non-hydrogen) atoms. The van der Waals surface area contributed by atoms with Gasteiger partial charge in [0.05, 0.1) is 29.3 Å². The second kappa shape index (κ2) is 5.42. The van der Waals surface area contributed by atoms with Crippen molar-refractivity contribution in [1.82, 2.24) is 20.0 Å². The lowest BCUT2D eigenvalue weighted by Gasteiger charge is -1.99. The molecule has 0 fully saturated rings. The van der Waals surface area contributed by atoms with E-state index in [9.17, 15) is 5.11 Å². The van der Waals surface area contributed by atoms with Crippen molar-refractivity contribution in [3.8, 4) is 11.6 Å². The number of aromatic hydroxyl groups is 1. The first-order valence-electron chi connectivity index (χ1n) is 7.12. The Kier molecular flexibility index (Phi) is 3.12. The minimum Gasteiger partial charge on any atom is -0.494 e. The Hall–Kier alpha value is -3.41. The molecule has 0 atom stereocenters. The van der Waals surface area contributed by atoms with Crippen molar-refractivity contribution in [2.24, 2.45) is 4.99 Å². The number of aromatic amines is 1. The quantitative estimate of drug-likeness (QED) is 0.570. The van der Waals surface area contributed by atoms with Gasteiger partial charge in [0.2, 0.25) is 0 Å². The molecule has 4 rings (SSSR count). The summed E-state index contributed by atoms with van der Waals surface area (Å²) in [4.78, 5) is 8.90. The molecule has 0 aliphatic heterocycles. The number of hydrogen-bond acceptors (Lipinski definition) is 4. The van der Waals surface area contributed by atoms with Crippen LogP contribution in [-0.4, -0.2) is 31.3 Å². The van der Waals surface area contributed by atoms with Gasteiger partial charge in [0.15, 0.2) is 5.88 Å². The van der Waals surface area contributed by atoms with Gasteiger partial charge < -0.3 is 10.1 Å². The van der Waals surface area contributed by atoms with Crippen LogP contribution in [0.5, 0.6) is 5.88 Å². The zero-order valence-electron chi connectivity index (χ0n) is 12.1. The number of fused-ring (bicyclic) bond motifs is 1. The summed E-state index contributed by atoms with van der Waals surface area (Å²) in [6, 6.07) is 15.2. The average molecular weight is 303 g/mol. The molecule has 2 N–H and O–H groups in total. The van der Waals surface area contributed by atoms with E-state index < -0.39 is 0 Å². The highest BCUT2D eigenvalue weighted by atomic mass is 16.3. The fourth-order valence-corrected chi connectivity index (χ4v) is 2.44. The lowest BCUT2D eigenvalue weighted by Crippen LogP contribution is -1.97. The maximum atomic E-state index is 10.0. The first kappa shape index (κ1) is 13.3. The summed E-state index contributed by atoms with van der Waals surface area (Å²) in [5.74, 6) is 0.118. The van der Waals surface area contributed by atoms with Crippen LogP contribution in [0.2, 0.25) is 0 Å². The van der Waals surface area contributed by atoms with Crippen molar-refractivity contribution < 1.29 is 5.11 Å². The van der Waals surface area contributed by atoms with E-state index in [2.05, 4.69) is 20.2 Å². The molecule has 2 aromatic carbocycles. The summed E-state index contributed by atoms with van der Waals surface area (Å²) in [5.41, 5.74) is 3.21. The Bertz CT molecular complexity index is 968. The Labute approximate surface area is 131 Å². The fourth-order valence-electron chi connectivity index (χ4n) is 2.44. The standard InChI is InChI=1S/C17H13N5O/c23-17-15(14-3-1-2-4-16(14)21-17)11-18-12-5-7-13(8-6-12)22-19-9-10-20-22/h1-11,21,23H. The second-order valence-corrected chi connectivity index (χ2v) is 5.03. The Balaban J connectivity index is 1.64. The van der Waals surface area contributed by atoms with Gasteiger partial charge in [0.1, 0.15) is 0 Å². The minimum absolute atomic E-state index is 0.118. The summed E-state index contributed by atoms with van der Waals surface area (Å²) in [7, 11) is 0. The van der Waals surface area contributed by atoms with E-state index >= 15 is 0 Å². The number of H-pyrrole nitrogens is 1. The van der Waals surface area contributed by atoms with Crippen LogP contribution in [0.4, 0.5) is 5.69 Å². The average Bonchev–Trinajstić information content (AvgIpc) is 3.21. The number of aliphatic imine (C=N–C) groups is 1. The highest BCUT2D eigenvalue weighted by molar-refractivity contribution is 6.02. The Morgan fingerprint density at radius 1 is 1.00 bits per heavy atom. The van der Waals surface area contributed by atoms with Gasteiger partial charge in [-0.05, 0) is 30.3 Å². The van der Waals surface area contributed by atoms with E-state index in [1.54, 1.807) is 23.4 Å². The van der Waals surface area contributed by atoms with Crippen molar-refractivity contribution in [2.75, 3.05) is 0 Å². The monoisotopic (exact) mass is 303 g/mol. The van der Waals surface area contributed by atoms with Gasteiger partial charge in [-0.1, -0.05) is 18.2 Å². The molecule has 0 saturated heterocycles. The first-order valence-corrected chi connectivity index (χ1v) is 7.12. The lowest BCUT2D eigenvalue weighted by atomic mass is 10.2. The second-order valence-electron chi connectivity index (χ2n) is 5.03. The predicted molar refractivity (Wildman–Crippen MR) is 88.6 cm³/mol. The van der Waals surface area contributed by atoms with Gasteiger partial charge >= 0.3 is 0 Å². The third-order valence-corrected chi connectivity index (χ3v) is 3.57. The van der Waals surface area contributed by atoms with Gasteiger partial charge in [0, 0.05) is 17.1 Å². The zero-order chi connectivity index (χ0) is 15.6. The molecule has 0 saturated carbocycles. The van der Waals surface area contributed by atoms with Crippen LogP contribution in [0.15, 0.2) is 65.9 Å². The molecule has 0 bridgehead atoms. The molecule has 2 heterocycles. The third kappa shape index (κ3) is 2.46. The van der Waals surface area contributed by atoms with Gasteiger partial charge in [-0.2, -0.15) is 15.0 Å². The number of nitrogens with one attached hydrogen (secondary N) is 1. The van der Waals surface area contributed by atoms with Crippen molar-refractivity contribution in [2.45, 2.75) is 0 Å². The number of para-hydroxylation sites is 1. The van der Waals surface area contributed by atoms with Crippen LogP contribution in [0, 0.1) is 0 Å². The molecule has 112 valence electrons. The van der Waals surface area contributed by atoms with Gasteiger partial charge in [-0.3, -0.25) is 4.99 Å². The van der Waals surface area contributed by atoms with Crippen LogP contribution >= 0.6 is 0 Å². The van der Waals surface area contributed by atoms with Crippen molar-refractivity contribution in [1.29, 1.82) is 0 Å². The van der Waals surface area contributed by atoms with Gasteiger partial charge in [-0.15, -0.1) is 0 Å². The van der Waals surface area contributed by atoms with E-state index in [1.165, 1.54) is 0 Å². The normalized spacial score (nSPS) is 11.5. The van der Waals surface area contributed by atoms with Crippen molar-refractivity contribution >= 4 is 22.8 Å². The molecular weight excluding hydrogens is 290 g/mol. The van der Waals surface area contributed by atoms with Crippen molar-refractivity contribution in [3.05, 3.63) is 66.5 Å². The third-order valence-electron chi connectivity index (χ3n) is 3.57. The summed E-state index contributed by atoms with van der Waals surface area (Å²) < 4.78 is 0. The number of benzene rings is 2. The predicted octanol–water partition coefficient (Wildman–Crippen LogP) is 3.20. The molecule has 2 aromatic heterocycles. The molecule has 6 heteroatoms. The van der Waals surface area contributed by atoms with Crippen LogP contribution in [0.3, 0.4) is 0 Å². The fraction of sp³-hybridized carbons (Fsp3) is 0. The topological polar surface area (TPSA) is 79.1 Å². The maximum Gasteiger partial charge on any atom is 0.198 e. The summed E-state index contributed by atoms with van der Waals surface area (Å²) in [6.07, 6.45) is 4.92. The van der Waals surface area contributed by atoms with E-state index in [4.69, 9.17) is 0 Å². The lowest BCUT2D eigenvalue weighted by molar-refractivity contribution is 0.457. The SMILES string of the molecule is Oc1[nH]c2ccccc2c1C=Nc1ccc(-n2nccn2)cc1. The van der Waals surface area contributed by atoms with E-state index in [1.807, 2.05) is 48.5 Å². The first-order chi connectivity index (χ1) is 11.3. The molecule has 4 aromatic rings. The Morgan fingerprint density at radius 2 is 1.74 bits per heavy atom. The molecular formula is C17H13N5O. The summed E-state index contributed by atoms with van der Waals surface area (Å²) >= 11 is 0. The minimum atomic E-state index is 0.118. The number of aromatic nitrogens is 4. The number of hydrogen-bond donors (Lipinski definition) is 2. The molecule has 0 unspecified atom stereocenters.